The lowest BCUT2D eigenvalue weighted by Crippen LogP contribution is -2.32. The van der Waals surface area contributed by atoms with E-state index in [9.17, 15) is 4.79 Å². The van der Waals surface area contributed by atoms with Gasteiger partial charge in [-0.15, -0.1) is 0 Å². The standard InChI is InChI=1S/C22H23N3O2/c1-2-24(15-17-9-5-3-6-10-17)22(26)20-19-16-27-14-13-25(19)21(23-20)18-11-7-4-8-12-18/h3-12H,2,13-16H2,1H3. The predicted molar refractivity (Wildman–Crippen MR) is 104 cm³/mol. The van der Waals surface area contributed by atoms with E-state index in [1.54, 1.807) is 0 Å². The molecule has 4 rings (SSSR count). The van der Waals surface area contributed by atoms with E-state index in [0.717, 1.165) is 22.6 Å². The summed E-state index contributed by atoms with van der Waals surface area (Å²) >= 11 is 0. The molecular weight excluding hydrogens is 338 g/mol. The molecule has 0 saturated carbocycles. The first-order valence-corrected chi connectivity index (χ1v) is 9.33. The monoisotopic (exact) mass is 361 g/mol. The number of amides is 1. The molecule has 0 radical (unpaired) electrons. The number of benzene rings is 2. The number of carbonyl (C=O) groups excluding carboxylic acids is 1. The Bertz CT molecular complexity index is 919. The van der Waals surface area contributed by atoms with Crippen LogP contribution in [0, 0.1) is 0 Å². The zero-order valence-electron chi connectivity index (χ0n) is 15.5. The summed E-state index contributed by atoms with van der Waals surface area (Å²) in [6, 6.07) is 20.1. The van der Waals surface area contributed by atoms with Crippen molar-refractivity contribution in [1.29, 1.82) is 0 Å². The fourth-order valence-corrected chi connectivity index (χ4v) is 3.46. The van der Waals surface area contributed by atoms with E-state index in [1.165, 1.54) is 0 Å². The molecule has 5 heteroatoms. The van der Waals surface area contributed by atoms with E-state index < -0.39 is 0 Å². The molecular formula is C22H23N3O2. The van der Waals surface area contributed by atoms with Crippen LogP contribution in [0.15, 0.2) is 60.7 Å². The lowest BCUT2D eigenvalue weighted by Gasteiger charge is -2.22. The number of hydrogen-bond donors (Lipinski definition) is 0. The average molecular weight is 361 g/mol. The van der Waals surface area contributed by atoms with Crippen LogP contribution in [0.5, 0.6) is 0 Å². The first-order chi connectivity index (χ1) is 13.3. The van der Waals surface area contributed by atoms with E-state index in [4.69, 9.17) is 9.72 Å². The number of imidazole rings is 1. The summed E-state index contributed by atoms with van der Waals surface area (Å²) in [5.74, 6) is 0.797. The highest BCUT2D eigenvalue weighted by atomic mass is 16.5. The van der Waals surface area contributed by atoms with Crippen molar-refractivity contribution in [2.45, 2.75) is 26.6 Å². The molecule has 1 aliphatic heterocycles. The molecule has 0 spiro atoms. The smallest absolute Gasteiger partial charge is 0.274 e. The molecule has 0 bridgehead atoms. The Morgan fingerprint density at radius 3 is 2.52 bits per heavy atom. The topological polar surface area (TPSA) is 47.4 Å². The van der Waals surface area contributed by atoms with Crippen LogP contribution in [0.2, 0.25) is 0 Å². The summed E-state index contributed by atoms with van der Waals surface area (Å²) in [4.78, 5) is 19.9. The molecule has 27 heavy (non-hydrogen) atoms. The van der Waals surface area contributed by atoms with Crippen LogP contribution in [-0.2, 0) is 24.4 Å². The van der Waals surface area contributed by atoms with Crippen molar-refractivity contribution in [3.63, 3.8) is 0 Å². The van der Waals surface area contributed by atoms with E-state index in [1.807, 2.05) is 72.5 Å². The van der Waals surface area contributed by atoms with Crippen LogP contribution < -0.4 is 0 Å². The maximum atomic E-state index is 13.3. The van der Waals surface area contributed by atoms with Crippen molar-refractivity contribution in [3.8, 4) is 11.4 Å². The van der Waals surface area contributed by atoms with Crippen molar-refractivity contribution in [1.82, 2.24) is 14.5 Å². The molecule has 2 heterocycles. The number of aromatic nitrogens is 2. The second-order valence-electron chi connectivity index (χ2n) is 6.61. The minimum atomic E-state index is -0.0437. The number of fused-ring (bicyclic) bond motifs is 1. The third-order valence-electron chi connectivity index (χ3n) is 4.89. The Hall–Kier alpha value is -2.92. The second kappa shape index (κ2) is 7.76. The Balaban J connectivity index is 1.70. The number of rotatable bonds is 5. The molecule has 0 aliphatic carbocycles. The van der Waals surface area contributed by atoms with Crippen molar-refractivity contribution in [2.75, 3.05) is 13.2 Å². The molecule has 3 aromatic rings. The van der Waals surface area contributed by atoms with Crippen LogP contribution in [0.1, 0.15) is 28.7 Å². The summed E-state index contributed by atoms with van der Waals surface area (Å²) in [5.41, 5.74) is 3.51. The Labute approximate surface area is 159 Å². The van der Waals surface area contributed by atoms with Gasteiger partial charge in [0.05, 0.1) is 18.9 Å². The average Bonchev–Trinajstić information content (AvgIpc) is 3.13. The first-order valence-electron chi connectivity index (χ1n) is 9.33. The second-order valence-corrected chi connectivity index (χ2v) is 6.61. The maximum absolute atomic E-state index is 13.3. The first kappa shape index (κ1) is 17.5. The van der Waals surface area contributed by atoms with Gasteiger partial charge in [0.15, 0.2) is 5.69 Å². The highest BCUT2D eigenvalue weighted by Crippen LogP contribution is 2.26. The van der Waals surface area contributed by atoms with Gasteiger partial charge in [0, 0.05) is 25.2 Å². The molecule has 0 fully saturated rings. The van der Waals surface area contributed by atoms with E-state index in [-0.39, 0.29) is 5.91 Å². The zero-order chi connectivity index (χ0) is 18.6. The van der Waals surface area contributed by atoms with Gasteiger partial charge in [-0.2, -0.15) is 0 Å². The third-order valence-corrected chi connectivity index (χ3v) is 4.89. The third kappa shape index (κ3) is 3.51. The summed E-state index contributed by atoms with van der Waals surface area (Å²) in [7, 11) is 0. The highest BCUT2D eigenvalue weighted by Gasteiger charge is 2.28. The zero-order valence-corrected chi connectivity index (χ0v) is 15.5. The van der Waals surface area contributed by atoms with Crippen molar-refractivity contribution in [3.05, 3.63) is 77.6 Å². The molecule has 0 saturated heterocycles. The SMILES string of the molecule is CCN(Cc1ccccc1)C(=O)c1nc(-c2ccccc2)n2c1COCC2. The van der Waals surface area contributed by atoms with Gasteiger partial charge >= 0.3 is 0 Å². The van der Waals surface area contributed by atoms with Gasteiger partial charge in [0.2, 0.25) is 0 Å². The summed E-state index contributed by atoms with van der Waals surface area (Å²) in [5, 5.41) is 0. The number of carbonyl (C=O) groups is 1. The minimum absolute atomic E-state index is 0.0437. The normalized spacial score (nSPS) is 13.2. The molecule has 138 valence electrons. The van der Waals surface area contributed by atoms with Gasteiger partial charge in [0.1, 0.15) is 5.82 Å². The number of hydrogen-bond acceptors (Lipinski definition) is 3. The number of ether oxygens (including phenoxy) is 1. The molecule has 0 unspecified atom stereocenters. The Kier molecular flexibility index (Phi) is 5.03. The summed E-state index contributed by atoms with van der Waals surface area (Å²) in [6.45, 7) is 4.97. The lowest BCUT2D eigenvalue weighted by atomic mass is 10.2. The van der Waals surface area contributed by atoms with Crippen LogP contribution in [0.25, 0.3) is 11.4 Å². The lowest BCUT2D eigenvalue weighted by molar-refractivity contribution is 0.0706. The molecule has 5 nitrogen and oxygen atoms in total. The van der Waals surface area contributed by atoms with Gasteiger partial charge in [-0.05, 0) is 12.5 Å². The molecule has 2 aromatic carbocycles. The fraction of sp³-hybridized carbons (Fsp3) is 0.273. The van der Waals surface area contributed by atoms with Crippen molar-refractivity contribution < 1.29 is 9.53 Å². The predicted octanol–water partition coefficient (Wildman–Crippen LogP) is 3.74. The highest BCUT2D eigenvalue weighted by molar-refractivity contribution is 5.94. The van der Waals surface area contributed by atoms with Gasteiger partial charge in [-0.1, -0.05) is 60.7 Å². The molecule has 0 N–H and O–H groups in total. The van der Waals surface area contributed by atoms with E-state index >= 15 is 0 Å². The maximum Gasteiger partial charge on any atom is 0.274 e. The van der Waals surface area contributed by atoms with Gasteiger partial charge in [-0.25, -0.2) is 4.98 Å². The van der Waals surface area contributed by atoms with Gasteiger partial charge in [-0.3, -0.25) is 4.79 Å². The summed E-state index contributed by atoms with van der Waals surface area (Å²) < 4.78 is 7.76. The molecule has 1 amide bonds. The van der Waals surface area contributed by atoms with Crippen LogP contribution in [0.3, 0.4) is 0 Å². The largest absolute Gasteiger partial charge is 0.373 e. The fourth-order valence-electron chi connectivity index (χ4n) is 3.46. The van der Waals surface area contributed by atoms with E-state index in [2.05, 4.69) is 4.57 Å². The quantitative estimate of drug-likeness (QED) is 0.695. The number of nitrogens with zero attached hydrogens (tertiary/aromatic N) is 3. The van der Waals surface area contributed by atoms with Gasteiger partial charge < -0.3 is 14.2 Å². The van der Waals surface area contributed by atoms with Crippen molar-refractivity contribution in [2.24, 2.45) is 0 Å². The van der Waals surface area contributed by atoms with Crippen LogP contribution in [0.4, 0.5) is 0 Å². The van der Waals surface area contributed by atoms with Crippen LogP contribution >= 0.6 is 0 Å². The van der Waals surface area contributed by atoms with Gasteiger partial charge in [0.25, 0.3) is 5.91 Å². The van der Waals surface area contributed by atoms with Crippen LogP contribution in [-0.4, -0.2) is 33.5 Å². The van der Waals surface area contributed by atoms with E-state index in [0.29, 0.717) is 38.5 Å². The Morgan fingerprint density at radius 1 is 1.11 bits per heavy atom. The molecule has 1 aliphatic rings. The molecule has 0 atom stereocenters. The molecule has 1 aromatic heterocycles. The summed E-state index contributed by atoms with van der Waals surface area (Å²) in [6.07, 6.45) is 0. The Morgan fingerprint density at radius 2 is 1.81 bits per heavy atom. The minimum Gasteiger partial charge on any atom is -0.373 e. The van der Waals surface area contributed by atoms with Crippen molar-refractivity contribution >= 4 is 5.91 Å².